The molecule has 1 heterocycles. The summed E-state index contributed by atoms with van der Waals surface area (Å²) in [5, 5.41) is 76.5. The van der Waals surface area contributed by atoms with Crippen molar-refractivity contribution in [1.29, 1.82) is 0 Å². The molecular weight excluding hydrogens is 612 g/mol. The number of phenolic OH excluding ortho intramolecular Hbond substituents is 7. The van der Waals surface area contributed by atoms with Gasteiger partial charge in [-0.2, -0.15) is 0 Å². The minimum atomic E-state index is -1.06. The Morgan fingerprint density at radius 1 is 0.812 bits per heavy atom. The number of furan rings is 1. The monoisotopic (exact) mass is 648 g/mol. The van der Waals surface area contributed by atoms with Crippen molar-refractivity contribution < 1.29 is 45.0 Å². The Bertz CT molecular complexity index is 2110. The van der Waals surface area contributed by atoms with E-state index in [0.717, 1.165) is 11.1 Å². The Labute approximate surface area is 276 Å². The van der Waals surface area contributed by atoms with Crippen molar-refractivity contribution in [3.05, 3.63) is 112 Å². The van der Waals surface area contributed by atoms with Crippen LogP contribution in [0.4, 0.5) is 0 Å². The number of rotatable bonds is 7. The summed E-state index contributed by atoms with van der Waals surface area (Å²) in [5.74, 6) is -4.43. The van der Waals surface area contributed by atoms with E-state index in [0.29, 0.717) is 34.3 Å². The number of aromatic hydroxyl groups is 7. The van der Waals surface area contributed by atoms with E-state index in [1.807, 2.05) is 26.8 Å². The zero-order valence-corrected chi connectivity index (χ0v) is 26.6. The lowest BCUT2D eigenvalue weighted by molar-refractivity contribution is 0.0876. The third-order valence-corrected chi connectivity index (χ3v) is 9.04. The third kappa shape index (κ3) is 5.90. The lowest BCUT2D eigenvalue weighted by Gasteiger charge is -2.37. The van der Waals surface area contributed by atoms with E-state index in [1.54, 1.807) is 18.2 Å². The quantitative estimate of drug-likeness (QED) is 0.0677. The fourth-order valence-corrected chi connectivity index (χ4v) is 6.74. The topological polar surface area (TPSA) is 172 Å². The maximum Gasteiger partial charge on any atom is 0.171 e. The maximum absolute atomic E-state index is 14.7. The Kier molecular flexibility index (Phi) is 8.30. The zero-order valence-electron chi connectivity index (χ0n) is 26.6. The van der Waals surface area contributed by atoms with Gasteiger partial charge in [-0.1, -0.05) is 29.4 Å². The molecule has 6 rings (SSSR count). The number of phenols is 7. The number of hydrogen-bond donors (Lipinski definition) is 7. The number of allylic oxidation sites excluding steroid dienone is 4. The molecule has 0 unspecified atom stereocenters. The molecule has 0 spiro atoms. The lowest BCUT2D eigenvalue weighted by Crippen LogP contribution is -2.31. The fraction of sp³-hybridized carbons (Fsp3) is 0.205. The predicted molar refractivity (Wildman–Crippen MR) is 181 cm³/mol. The molecule has 0 fully saturated rings. The number of ketones is 1. The van der Waals surface area contributed by atoms with Gasteiger partial charge in [0.15, 0.2) is 5.78 Å². The van der Waals surface area contributed by atoms with Crippen molar-refractivity contribution in [1.82, 2.24) is 0 Å². The number of benzene rings is 4. The van der Waals surface area contributed by atoms with Gasteiger partial charge in [0.2, 0.25) is 0 Å². The number of carbonyl (C=O) groups excluding carboxylic acids is 1. The minimum absolute atomic E-state index is 0.0255. The second-order valence-electron chi connectivity index (χ2n) is 12.7. The number of Topliss-reactive ketones (excluding diaryl/α,β-unsaturated/α-hetero) is 1. The van der Waals surface area contributed by atoms with E-state index in [2.05, 4.69) is 0 Å². The van der Waals surface area contributed by atoms with E-state index in [-0.39, 0.29) is 63.4 Å². The van der Waals surface area contributed by atoms with E-state index in [4.69, 9.17) is 4.42 Å². The molecule has 0 saturated heterocycles. The summed E-state index contributed by atoms with van der Waals surface area (Å²) in [6.07, 6.45) is 4.11. The molecule has 48 heavy (non-hydrogen) atoms. The average Bonchev–Trinajstić information content (AvgIpc) is 3.43. The van der Waals surface area contributed by atoms with E-state index in [9.17, 15) is 40.5 Å². The highest BCUT2D eigenvalue weighted by Crippen LogP contribution is 2.53. The molecular formula is C39H36O9. The molecule has 1 aliphatic rings. The minimum Gasteiger partial charge on any atom is -0.508 e. The lowest BCUT2D eigenvalue weighted by atomic mass is 9.65. The summed E-state index contributed by atoms with van der Waals surface area (Å²) in [6, 6.07) is 16.0. The van der Waals surface area contributed by atoms with Gasteiger partial charge in [-0.3, -0.25) is 4.79 Å². The van der Waals surface area contributed by atoms with Gasteiger partial charge in [0.1, 0.15) is 51.6 Å². The summed E-state index contributed by atoms with van der Waals surface area (Å²) in [7, 11) is 0. The fourth-order valence-electron chi connectivity index (χ4n) is 6.74. The zero-order chi connectivity index (χ0) is 34.4. The Morgan fingerprint density at radius 3 is 2.19 bits per heavy atom. The number of fused-ring (bicyclic) bond motifs is 1. The number of carbonyl (C=O) groups is 1. The van der Waals surface area contributed by atoms with Crippen LogP contribution in [0.2, 0.25) is 0 Å². The normalized spacial score (nSPS) is 17.6. The van der Waals surface area contributed by atoms with Crippen molar-refractivity contribution in [3.8, 4) is 51.6 Å². The molecule has 3 atom stereocenters. The van der Waals surface area contributed by atoms with Crippen LogP contribution in [0.3, 0.4) is 0 Å². The second-order valence-corrected chi connectivity index (χ2v) is 12.7. The van der Waals surface area contributed by atoms with Crippen LogP contribution >= 0.6 is 0 Å². The van der Waals surface area contributed by atoms with Gasteiger partial charge in [0, 0.05) is 52.0 Å². The molecule has 1 aliphatic carbocycles. The smallest absolute Gasteiger partial charge is 0.171 e. The molecule has 9 heteroatoms. The van der Waals surface area contributed by atoms with Crippen LogP contribution in [0, 0.1) is 5.92 Å². The van der Waals surface area contributed by atoms with Crippen molar-refractivity contribution in [3.63, 3.8) is 0 Å². The van der Waals surface area contributed by atoms with Crippen LogP contribution in [0.15, 0.2) is 94.4 Å². The standard InChI is InChI=1S/C39H36O9/c1-19(2)4-8-26-30(42)11-10-27(38(26)46)39(47)36-28(25-9-7-23(40)17-31(25)43)12-20(3)13-29(36)37-32(44)14-22(15-33(37)45)34-16-21-5-6-24(41)18-35(21)48-34/h4-7,9-11,13-18,28-29,36,40-46H,8,12H2,1-3H3/t28-,29+,36-/m1/s1. The van der Waals surface area contributed by atoms with E-state index < -0.39 is 23.5 Å². The first-order chi connectivity index (χ1) is 22.8. The molecule has 0 aliphatic heterocycles. The highest BCUT2D eigenvalue weighted by Gasteiger charge is 2.43. The maximum atomic E-state index is 14.7. The molecule has 0 saturated carbocycles. The van der Waals surface area contributed by atoms with E-state index in [1.165, 1.54) is 54.6 Å². The van der Waals surface area contributed by atoms with Gasteiger partial charge in [-0.05, 0) is 87.7 Å². The summed E-state index contributed by atoms with van der Waals surface area (Å²) < 4.78 is 5.88. The van der Waals surface area contributed by atoms with Crippen molar-refractivity contribution in [2.75, 3.05) is 0 Å². The highest BCUT2D eigenvalue weighted by atomic mass is 16.3. The summed E-state index contributed by atoms with van der Waals surface area (Å²) in [5.41, 5.74) is 3.10. The van der Waals surface area contributed by atoms with Crippen molar-refractivity contribution in [2.24, 2.45) is 5.92 Å². The van der Waals surface area contributed by atoms with E-state index >= 15 is 0 Å². The van der Waals surface area contributed by atoms with Crippen LogP contribution in [0.1, 0.15) is 66.1 Å². The van der Waals surface area contributed by atoms with Crippen molar-refractivity contribution >= 4 is 16.8 Å². The first-order valence-electron chi connectivity index (χ1n) is 15.5. The molecule has 0 bridgehead atoms. The Hall–Kier alpha value is -5.83. The molecule has 7 N–H and O–H groups in total. The van der Waals surface area contributed by atoms with Crippen LogP contribution in [0.25, 0.3) is 22.3 Å². The van der Waals surface area contributed by atoms with Crippen LogP contribution in [0.5, 0.6) is 40.2 Å². The molecule has 1 aromatic heterocycles. The molecule has 0 radical (unpaired) electrons. The van der Waals surface area contributed by atoms with Gasteiger partial charge in [0.05, 0.1) is 5.56 Å². The molecule has 246 valence electrons. The van der Waals surface area contributed by atoms with Crippen molar-refractivity contribution in [2.45, 2.75) is 45.4 Å². The first-order valence-corrected chi connectivity index (χ1v) is 15.5. The molecule has 9 nitrogen and oxygen atoms in total. The summed E-state index contributed by atoms with van der Waals surface area (Å²) in [4.78, 5) is 14.7. The molecule has 5 aromatic rings. The first kappa shape index (κ1) is 32.1. The average molecular weight is 649 g/mol. The largest absolute Gasteiger partial charge is 0.508 e. The van der Waals surface area contributed by atoms with Gasteiger partial charge in [0.25, 0.3) is 0 Å². The van der Waals surface area contributed by atoms with Crippen LogP contribution in [-0.2, 0) is 6.42 Å². The summed E-state index contributed by atoms with van der Waals surface area (Å²) >= 11 is 0. The van der Waals surface area contributed by atoms with Gasteiger partial charge >= 0.3 is 0 Å². The Balaban J connectivity index is 1.51. The van der Waals surface area contributed by atoms with Gasteiger partial charge in [-0.25, -0.2) is 0 Å². The highest BCUT2D eigenvalue weighted by molar-refractivity contribution is 6.02. The molecule has 0 amide bonds. The second kappa shape index (κ2) is 12.4. The predicted octanol–water partition coefficient (Wildman–Crippen LogP) is 8.26. The number of hydrogen-bond acceptors (Lipinski definition) is 9. The summed E-state index contributed by atoms with van der Waals surface area (Å²) in [6.45, 7) is 5.60. The van der Waals surface area contributed by atoms with Gasteiger partial charge < -0.3 is 40.2 Å². The third-order valence-electron chi connectivity index (χ3n) is 9.04. The van der Waals surface area contributed by atoms with Gasteiger partial charge in [-0.15, -0.1) is 0 Å². The van der Waals surface area contributed by atoms with Crippen LogP contribution < -0.4 is 0 Å². The van der Waals surface area contributed by atoms with Crippen LogP contribution in [-0.4, -0.2) is 41.5 Å². The molecule has 4 aromatic carbocycles. The Morgan fingerprint density at radius 2 is 1.50 bits per heavy atom. The SMILES string of the molecule is CC(C)=CCc1c(O)ccc(C(=O)[C@H]2[C@@H](c3c(O)cc(-c4cc5ccc(O)cc5o4)cc3O)C=C(C)C[C@@H]2c2ccc(O)cc2O)c1O.